The zero-order chi connectivity index (χ0) is 23.8. The summed E-state index contributed by atoms with van der Waals surface area (Å²) in [5.74, 6) is 0.00384. The molecule has 1 aliphatic carbocycles. The molecule has 1 unspecified atom stereocenters. The molecule has 1 atom stereocenters. The van der Waals surface area contributed by atoms with E-state index in [4.69, 9.17) is 4.18 Å². The van der Waals surface area contributed by atoms with Crippen LogP contribution in [0.15, 0.2) is 77.0 Å². The second-order valence-electron chi connectivity index (χ2n) is 7.47. The van der Waals surface area contributed by atoms with Gasteiger partial charge in [0.15, 0.2) is 0 Å². The maximum absolute atomic E-state index is 13.0. The topological polar surface area (TPSA) is 83.8 Å². The summed E-state index contributed by atoms with van der Waals surface area (Å²) in [4.78, 5) is 1.19. The second-order valence-corrected chi connectivity index (χ2v) is 10.0. The van der Waals surface area contributed by atoms with Crippen molar-refractivity contribution in [1.29, 1.82) is 0 Å². The zero-order valence-electron chi connectivity index (χ0n) is 18.0. The van der Waals surface area contributed by atoms with Crippen LogP contribution in [0.1, 0.15) is 28.0 Å². The Bertz CT molecular complexity index is 1230. The van der Waals surface area contributed by atoms with Crippen LogP contribution in [0.5, 0.6) is 0 Å². The molecule has 0 spiro atoms. The van der Waals surface area contributed by atoms with Crippen LogP contribution in [-0.4, -0.2) is 31.3 Å². The van der Waals surface area contributed by atoms with Gasteiger partial charge in [-0.3, -0.25) is 4.18 Å². The largest absolute Gasteiger partial charge is 0.508 e. The molecule has 8 heteroatoms. The highest BCUT2D eigenvalue weighted by Crippen LogP contribution is 2.26. The number of aliphatic hydroxyl groups is 2. The van der Waals surface area contributed by atoms with Crippen molar-refractivity contribution < 1.29 is 27.2 Å². The van der Waals surface area contributed by atoms with E-state index >= 15 is 0 Å². The summed E-state index contributed by atoms with van der Waals surface area (Å²) in [5.41, 5.74) is 2.47. The molecule has 33 heavy (non-hydrogen) atoms. The van der Waals surface area contributed by atoms with Crippen molar-refractivity contribution in [2.24, 2.45) is 0 Å². The molecule has 2 N–H and O–H groups in total. The Hall–Kier alpha value is -2.78. The van der Waals surface area contributed by atoms with Crippen molar-refractivity contribution in [1.82, 2.24) is 0 Å². The molecule has 0 aliphatic heterocycles. The molecule has 0 saturated carbocycles. The quantitative estimate of drug-likeness (QED) is 0.447. The van der Waals surface area contributed by atoms with E-state index < -0.39 is 22.0 Å². The van der Waals surface area contributed by atoms with Gasteiger partial charge in [-0.1, -0.05) is 35.9 Å². The van der Waals surface area contributed by atoms with E-state index in [2.05, 4.69) is 12.2 Å². The normalized spacial score (nSPS) is 13.8. The molecule has 0 radical (unpaired) electrons. The van der Waals surface area contributed by atoms with Gasteiger partial charge in [0.05, 0.1) is 17.6 Å². The first-order valence-corrected chi connectivity index (χ1v) is 12.6. The van der Waals surface area contributed by atoms with Crippen LogP contribution < -0.4 is 0 Å². The molecule has 4 rings (SSSR count). The van der Waals surface area contributed by atoms with E-state index in [9.17, 15) is 23.0 Å². The number of rotatable bonds is 6. The van der Waals surface area contributed by atoms with Crippen LogP contribution >= 0.6 is 11.3 Å². The summed E-state index contributed by atoms with van der Waals surface area (Å²) in [7, 11) is -3.91. The summed E-state index contributed by atoms with van der Waals surface area (Å²) in [6, 6.07) is 13.9. The van der Waals surface area contributed by atoms with E-state index in [0.29, 0.717) is 11.3 Å². The van der Waals surface area contributed by atoms with Gasteiger partial charge in [-0.25, -0.2) is 4.39 Å². The fraction of sp³-hybridized carbons (Fsp3) is 0.200. The maximum atomic E-state index is 13.0. The minimum absolute atomic E-state index is 0.0380. The van der Waals surface area contributed by atoms with Crippen molar-refractivity contribution in [3.05, 3.63) is 99.5 Å². The number of hydrogen-bond donors (Lipinski definition) is 2. The predicted octanol–water partition coefficient (Wildman–Crippen LogP) is 5.51. The molecule has 0 amide bonds. The van der Waals surface area contributed by atoms with Crippen molar-refractivity contribution in [3.8, 4) is 0 Å². The molecular weight excluding hydrogens is 463 g/mol. The van der Waals surface area contributed by atoms with Crippen molar-refractivity contribution >= 4 is 33.3 Å². The third-order valence-electron chi connectivity index (χ3n) is 4.77. The number of allylic oxidation sites excluding steroid dienone is 2. The molecule has 3 aromatic rings. The van der Waals surface area contributed by atoms with Gasteiger partial charge in [0, 0.05) is 16.9 Å². The van der Waals surface area contributed by atoms with Crippen molar-refractivity contribution in [2.45, 2.75) is 30.8 Å². The number of aliphatic hydroxyl groups excluding tert-OH is 2. The van der Waals surface area contributed by atoms with Gasteiger partial charge in [0.2, 0.25) is 0 Å². The fourth-order valence-corrected chi connectivity index (χ4v) is 4.83. The first-order valence-electron chi connectivity index (χ1n) is 10.3. The number of aryl methyl sites for hydroxylation is 1. The maximum Gasteiger partial charge on any atom is 0.297 e. The summed E-state index contributed by atoms with van der Waals surface area (Å²) in [5, 5.41) is 21.3. The van der Waals surface area contributed by atoms with Crippen LogP contribution in [-0.2, 0) is 20.7 Å². The number of thiophene rings is 1. The minimum atomic E-state index is -3.91. The number of halogens is 1. The number of fused-ring (bicyclic) bond motifs is 1. The van der Waals surface area contributed by atoms with E-state index in [1.54, 1.807) is 29.5 Å². The van der Waals surface area contributed by atoms with Gasteiger partial charge in [0.25, 0.3) is 10.1 Å². The van der Waals surface area contributed by atoms with E-state index in [1.165, 1.54) is 30.3 Å². The van der Waals surface area contributed by atoms with Gasteiger partial charge in [-0.2, -0.15) is 8.42 Å². The molecule has 1 aliphatic rings. The lowest BCUT2D eigenvalue weighted by Crippen LogP contribution is -2.21. The lowest BCUT2D eigenvalue weighted by molar-refractivity contribution is 0.111. The summed E-state index contributed by atoms with van der Waals surface area (Å²) >= 11 is 1.65. The Kier molecular flexibility index (Phi) is 8.57. The minimum Gasteiger partial charge on any atom is -0.508 e. The van der Waals surface area contributed by atoms with Gasteiger partial charge in [-0.05, 0) is 66.8 Å². The van der Waals surface area contributed by atoms with E-state index in [0.717, 1.165) is 22.4 Å². The monoisotopic (exact) mass is 488 g/mol. The fourth-order valence-electron chi connectivity index (χ4n) is 3.06. The smallest absolute Gasteiger partial charge is 0.297 e. The summed E-state index contributed by atoms with van der Waals surface area (Å²) in [6.45, 7) is 1.47. The highest BCUT2D eigenvalue weighted by atomic mass is 32.2. The Morgan fingerprint density at radius 1 is 1.15 bits per heavy atom. The van der Waals surface area contributed by atoms with Gasteiger partial charge < -0.3 is 10.2 Å². The highest BCUT2D eigenvalue weighted by Gasteiger charge is 2.17. The van der Waals surface area contributed by atoms with Gasteiger partial charge in [0.1, 0.15) is 11.6 Å². The average molecular weight is 489 g/mol. The Balaban J connectivity index is 0.000000231. The van der Waals surface area contributed by atoms with Crippen LogP contribution in [0.4, 0.5) is 4.39 Å². The second kappa shape index (κ2) is 11.4. The number of hydrogen-bond acceptors (Lipinski definition) is 6. The lowest BCUT2D eigenvalue weighted by Gasteiger charge is -2.11. The van der Waals surface area contributed by atoms with Crippen LogP contribution in [0.3, 0.4) is 0 Å². The number of benzene rings is 2. The molecule has 5 nitrogen and oxygen atoms in total. The average Bonchev–Trinajstić information content (AvgIpc) is 3.18. The Morgan fingerprint density at radius 3 is 2.64 bits per heavy atom. The molecule has 0 fully saturated rings. The molecule has 0 saturated heterocycles. The third kappa shape index (κ3) is 7.36. The molecule has 1 aromatic heterocycles. The first-order chi connectivity index (χ1) is 15.7. The van der Waals surface area contributed by atoms with Gasteiger partial charge >= 0.3 is 0 Å². The van der Waals surface area contributed by atoms with Crippen molar-refractivity contribution in [2.75, 3.05) is 6.61 Å². The lowest BCUT2D eigenvalue weighted by atomic mass is 10.1. The Labute approximate surface area is 197 Å². The predicted molar refractivity (Wildman–Crippen MR) is 129 cm³/mol. The first kappa shape index (κ1) is 24.9. The summed E-state index contributed by atoms with van der Waals surface area (Å²) < 4.78 is 41.8. The van der Waals surface area contributed by atoms with Crippen LogP contribution in [0, 0.1) is 12.7 Å². The standard InChI is InChI=1S/C16H17FO4S.C9H8OS/c1-12-5-7-16(8-6-12)22(19,20)21-11-15(18)10-13-3-2-4-14(17)9-13;10-8-3-1-2-4-9-7(8)5-6-11-9/h2-9,15,18H,10-11H2,1H3;2-6,10H,1H2. The van der Waals surface area contributed by atoms with Gasteiger partial charge in [-0.15, -0.1) is 11.3 Å². The SMILES string of the molecule is Cc1ccc(S(=O)(=O)OCC(O)Cc2cccc(F)c2)cc1.OC1=CCC=Cc2sccc21. The van der Waals surface area contributed by atoms with Crippen molar-refractivity contribution in [3.63, 3.8) is 0 Å². The molecule has 174 valence electrons. The van der Waals surface area contributed by atoms with Crippen LogP contribution in [0.25, 0.3) is 11.8 Å². The van der Waals surface area contributed by atoms with E-state index in [-0.39, 0.29) is 17.9 Å². The molecule has 2 aromatic carbocycles. The van der Waals surface area contributed by atoms with Crippen LogP contribution in [0.2, 0.25) is 0 Å². The zero-order valence-corrected chi connectivity index (χ0v) is 19.7. The Morgan fingerprint density at radius 2 is 1.91 bits per heavy atom. The summed E-state index contributed by atoms with van der Waals surface area (Å²) in [6.07, 6.45) is 5.84. The molecular formula is C25H25FO5S2. The van der Waals surface area contributed by atoms with E-state index in [1.807, 2.05) is 24.4 Å². The molecule has 1 heterocycles. The molecule has 0 bridgehead atoms. The third-order valence-corrected chi connectivity index (χ3v) is 6.95. The highest BCUT2D eigenvalue weighted by molar-refractivity contribution is 7.86.